The average molecular weight is 361 g/mol. The zero-order chi connectivity index (χ0) is 15.5. The third-order valence-corrected chi connectivity index (χ3v) is 4.42. The summed E-state index contributed by atoms with van der Waals surface area (Å²) >= 11 is 11.6. The molecule has 0 aliphatic rings. The van der Waals surface area contributed by atoms with Crippen molar-refractivity contribution in [2.75, 3.05) is 13.7 Å². The number of halogens is 3. The van der Waals surface area contributed by atoms with Crippen LogP contribution in [0.25, 0.3) is 0 Å². The van der Waals surface area contributed by atoms with Crippen LogP contribution in [-0.4, -0.2) is 34.1 Å². The van der Waals surface area contributed by atoms with Gasteiger partial charge in [-0.3, -0.25) is 4.79 Å². The molecule has 0 bridgehead atoms. The van der Waals surface area contributed by atoms with Crippen molar-refractivity contribution in [3.63, 3.8) is 0 Å². The molecule has 0 aliphatic heterocycles. The summed E-state index contributed by atoms with van der Waals surface area (Å²) in [6, 6.07) is 1.94. The molecule has 0 radical (unpaired) electrons. The smallest absolute Gasteiger partial charge is 0.262 e. The van der Waals surface area contributed by atoms with Gasteiger partial charge in [0.1, 0.15) is 4.90 Å². The first-order valence-corrected chi connectivity index (χ1v) is 8.47. The molecule has 1 atom stereocenters. The molecule has 1 rings (SSSR count). The van der Waals surface area contributed by atoms with Crippen LogP contribution >= 0.6 is 33.9 Å². The first-order chi connectivity index (χ1) is 9.16. The molecule has 0 saturated carbocycles. The van der Waals surface area contributed by atoms with Crippen LogP contribution in [0.15, 0.2) is 17.0 Å². The van der Waals surface area contributed by atoms with Crippen LogP contribution in [0.5, 0.6) is 0 Å². The van der Waals surface area contributed by atoms with E-state index in [2.05, 4.69) is 5.32 Å². The Morgan fingerprint density at radius 1 is 1.35 bits per heavy atom. The molecule has 1 unspecified atom stereocenters. The number of amides is 1. The van der Waals surface area contributed by atoms with Crippen LogP contribution in [0, 0.1) is 0 Å². The first-order valence-electron chi connectivity index (χ1n) is 5.40. The van der Waals surface area contributed by atoms with Gasteiger partial charge < -0.3 is 10.1 Å². The zero-order valence-corrected chi connectivity index (χ0v) is 13.7. The highest BCUT2D eigenvalue weighted by Gasteiger charge is 2.21. The van der Waals surface area contributed by atoms with E-state index in [0.717, 1.165) is 12.1 Å². The number of hydrogen-bond acceptors (Lipinski definition) is 4. The predicted molar refractivity (Wildman–Crippen MR) is 78.3 cm³/mol. The molecule has 1 amide bonds. The van der Waals surface area contributed by atoms with Crippen molar-refractivity contribution < 1.29 is 17.9 Å². The van der Waals surface area contributed by atoms with Gasteiger partial charge in [-0.05, 0) is 19.1 Å². The van der Waals surface area contributed by atoms with Crippen LogP contribution in [0.1, 0.15) is 17.3 Å². The van der Waals surface area contributed by atoms with Gasteiger partial charge in [-0.1, -0.05) is 23.2 Å². The molecule has 5 nitrogen and oxygen atoms in total. The Balaban J connectivity index is 3.16. The van der Waals surface area contributed by atoms with Crippen molar-refractivity contribution >= 4 is 48.8 Å². The quantitative estimate of drug-likeness (QED) is 0.819. The Hall–Kier alpha value is -0.530. The van der Waals surface area contributed by atoms with Gasteiger partial charge in [-0.15, -0.1) is 0 Å². The Labute approximate surface area is 131 Å². The van der Waals surface area contributed by atoms with Crippen molar-refractivity contribution in [1.82, 2.24) is 5.32 Å². The molecule has 0 spiro atoms. The largest absolute Gasteiger partial charge is 0.383 e. The summed E-state index contributed by atoms with van der Waals surface area (Å²) in [5.74, 6) is -0.544. The molecule has 20 heavy (non-hydrogen) atoms. The lowest BCUT2D eigenvalue weighted by Crippen LogP contribution is -2.35. The highest BCUT2D eigenvalue weighted by atomic mass is 35.7. The molecular weight excluding hydrogens is 349 g/mol. The molecule has 1 N–H and O–H groups in total. The molecular formula is C11H12Cl3NO4S. The minimum Gasteiger partial charge on any atom is -0.383 e. The molecule has 1 aromatic carbocycles. The summed E-state index contributed by atoms with van der Waals surface area (Å²) in [4.78, 5) is 11.6. The summed E-state index contributed by atoms with van der Waals surface area (Å²) in [5.41, 5.74) is -0.0294. The van der Waals surface area contributed by atoms with Gasteiger partial charge in [0, 0.05) is 23.8 Å². The standard InChI is InChI=1S/C11H12Cl3NO4S/c1-6(5-19-2)15-11(16)7-3-10(20(14,17)18)9(13)4-8(7)12/h3-4,6H,5H2,1-2H3,(H,15,16). The van der Waals surface area contributed by atoms with Gasteiger partial charge in [0.25, 0.3) is 15.0 Å². The minimum atomic E-state index is -4.07. The number of hydrogen-bond donors (Lipinski definition) is 1. The first kappa shape index (κ1) is 17.5. The maximum Gasteiger partial charge on any atom is 0.262 e. The van der Waals surface area contributed by atoms with E-state index in [4.69, 9.17) is 38.6 Å². The van der Waals surface area contributed by atoms with Gasteiger partial charge in [0.2, 0.25) is 0 Å². The zero-order valence-electron chi connectivity index (χ0n) is 10.6. The van der Waals surface area contributed by atoms with Gasteiger partial charge in [-0.2, -0.15) is 0 Å². The maximum atomic E-state index is 12.0. The Kier molecular flexibility index (Phi) is 6.09. The van der Waals surface area contributed by atoms with Gasteiger partial charge in [0.05, 0.1) is 22.2 Å². The Bertz CT molecular complexity index is 618. The van der Waals surface area contributed by atoms with E-state index >= 15 is 0 Å². The Morgan fingerprint density at radius 2 is 1.95 bits per heavy atom. The minimum absolute atomic E-state index is 0.0289. The SMILES string of the molecule is COCC(C)NC(=O)c1cc(S(=O)(=O)Cl)c(Cl)cc1Cl. The third kappa shape index (κ3) is 4.49. The fourth-order valence-corrected chi connectivity index (χ4v) is 3.31. The van der Waals surface area contributed by atoms with Crippen LogP contribution in [0.2, 0.25) is 10.0 Å². The number of rotatable bonds is 5. The van der Waals surface area contributed by atoms with Crippen LogP contribution in [0.3, 0.4) is 0 Å². The van der Waals surface area contributed by atoms with E-state index in [-0.39, 0.29) is 26.5 Å². The van der Waals surface area contributed by atoms with Gasteiger partial charge >= 0.3 is 0 Å². The second-order valence-electron chi connectivity index (χ2n) is 4.03. The number of carbonyl (C=O) groups is 1. The van der Waals surface area contributed by atoms with E-state index in [1.807, 2.05) is 0 Å². The number of nitrogens with one attached hydrogen (secondary N) is 1. The summed E-state index contributed by atoms with van der Waals surface area (Å²) in [6.07, 6.45) is 0. The van der Waals surface area contributed by atoms with E-state index in [0.29, 0.717) is 6.61 Å². The molecule has 0 saturated heterocycles. The summed E-state index contributed by atoms with van der Waals surface area (Å²) in [7, 11) is 2.67. The summed E-state index contributed by atoms with van der Waals surface area (Å²) < 4.78 is 27.6. The van der Waals surface area contributed by atoms with E-state index in [9.17, 15) is 13.2 Å². The van der Waals surface area contributed by atoms with Gasteiger partial charge in [-0.25, -0.2) is 8.42 Å². The Morgan fingerprint density at radius 3 is 2.45 bits per heavy atom. The average Bonchev–Trinajstić information content (AvgIpc) is 2.26. The molecule has 0 aliphatic carbocycles. The summed E-state index contributed by atoms with van der Waals surface area (Å²) in [6.45, 7) is 2.03. The van der Waals surface area contributed by atoms with E-state index < -0.39 is 15.0 Å². The molecule has 0 heterocycles. The second-order valence-corrected chi connectivity index (χ2v) is 7.38. The fourth-order valence-electron chi connectivity index (χ4n) is 1.48. The lowest BCUT2D eigenvalue weighted by molar-refractivity contribution is 0.0905. The fraction of sp³-hybridized carbons (Fsp3) is 0.364. The summed E-state index contributed by atoms with van der Waals surface area (Å²) in [5, 5.41) is 2.49. The lowest BCUT2D eigenvalue weighted by Gasteiger charge is -2.14. The van der Waals surface area contributed by atoms with Crippen molar-refractivity contribution in [2.45, 2.75) is 17.9 Å². The lowest BCUT2D eigenvalue weighted by atomic mass is 10.2. The van der Waals surface area contributed by atoms with E-state index in [1.165, 1.54) is 7.11 Å². The molecule has 1 aromatic rings. The van der Waals surface area contributed by atoms with Crippen molar-refractivity contribution in [3.05, 3.63) is 27.7 Å². The van der Waals surface area contributed by atoms with Crippen LogP contribution < -0.4 is 5.32 Å². The van der Waals surface area contributed by atoms with Crippen molar-refractivity contribution in [3.8, 4) is 0 Å². The van der Waals surface area contributed by atoms with E-state index in [1.54, 1.807) is 6.92 Å². The predicted octanol–water partition coefficient (Wildman–Crippen LogP) is 2.69. The van der Waals surface area contributed by atoms with Crippen LogP contribution in [0.4, 0.5) is 0 Å². The molecule has 0 aromatic heterocycles. The van der Waals surface area contributed by atoms with Gasteiger partial charge in [0.15, 0.2) is 0 Å². The second kappa shape index (κ2) is 6.95. The highest BCUT2D eigenvalue weighted by molar-refractivity contribution is 8.13. The molecule has 0 fully saturated rings. The van der Waals surface area contributed by atoms with Crippen molar-refractivity contribution in [2.24, 2.45) is 0 Å². The highest BCUT2D eigenvalue weighted by Crippen LogP contribution is 2.30. The number of benzene rings is 1. The maximum absolute atomic E-state index is 12.0. The molecule has 112 valence electrons. The third-order valence-electron chi connectivity index (χ3n) is 2.32. The van der Waals surface area contributed by atoms with Crippen molar-refractivity contribution in [1.29, 1.82) is 0 Å². The normalized spacial score (nSPS) is 13.1. The number of ether oxygens (including phenoxy) is 1. The topological polar surface area (TPSA) is 72.5 Å². The number of carbonyl (C=O) groups excluding carboxylic acids is 1. The number of methoxy groups -OCH3 is 1. The monoisotopic (exact) mass is 359 g/mol. The van der Waals surface area contributed by atoms with Crippen LogP contribution in [-0.2, 0) is 13.8 Å². The molecule has 9 heteroatoms.